The summed E-state index contributed by atoms with van der Waals surface area (Å²) in [6, 6.07) is 3.12. The molecule has 0 spiro atoms. The van der Waals surface area contributed by atoms with Crippen LogP contribution in [0.5, 0.6) is 11.5 Å². The fourth-order valence-electron chi connectivity index (χ4n) is 1.53. The van der Waals surface area contributed by atoms with Gasteiger partial charge in [-0.25, -0.2) is 9.97 Å². The molecule has 0 unspecified atom stereocenters. The SMILES string of the molecule is COc1cc2c(N)nc(Cl)nc2cc1OC(C)=O. The second kappa shape index (κ2) is 4.66. The van der Waals surface area contributed by atoms with Crippen LogP contribution in [0.15, 0.2) is 12.1 Å². The first-order valence-corrected chi connectivity index (χ1v) is 5.38. The fourth-order valence-corrected chi connectivity index (χ4v) is 1.71. The normalized spacial score (nSPS) is 10.4. The molecule has 1 aromatic carbocycles. The minimum Gasteiger partial charge on any atom is -0.493 e. The lowest BCUT2D eigenvalue weighted by Gasteiger charge is -2.10. The smallest absolute Gasteiger partial charge is 0.308 e. The molecular formula is C11H10ClN3O3. The van der Waals surface area contributed by atoms with Crippen LogP contribution in [0, 0.1) is 0 Å². The second-order valence-electron chi connectivity index (χ2n) is 3.49. The van der Waals surface area contributed by atoms with Gasteiger partial charge in [-0.15, -0.1) is 0 Å². The van der Waals surface area contributed by atoms with E-state index in [0.29, 0.717) is 16.7 Å². The van der Waals surface area contributed by atoms with E-state index in [1.54, 1.807) is 6.07 Å². The van der Waals surface area contributed by atoms with Gasteiger partial charge in [0.25, 0.3) is 0 Å². The van der Waals surface area contributed by atoms with E-state index in [0.717, 1.165) is 0 Å². The van der Waals surface area contributed by atoms with Gasteiger partial charge >= 0.3 is 5.97 Å². The highest BCUT2D eigenvalue weighted by atomic mass is 35.5. The third-order valence-electron chi connectivity index (χ3n) is 2.24. The molecule has 0 fully saturated rings. The molecular weight excluding hydrogens is 258 g/mol. The maximum atomic E-state index is 11.0. The van der Waals surface area contributed by atoms with Crippen molar-refractivity contribution in [3.05, 3.63) is 17.4 Å². The first-order chi connectivity index (χ1) is 8.51. The van der Waals surface area contributed by atoms with Gasteiger partial charge in [0.05, 0.1) is 12.6 Å². The topological polar surface area (TPSA) is 87.3 Å². The molecule has 6 nitrogen and oxygen atoms in total. The number of esters is 1. The second-order valence-corrected chi connectivity index (χ2v) is 3.83. The molecule has 94 valence electrons. The predicted molar refractivity (Wildman–Crippen MR) is 66.8 cm³/mol. The van der Waals surface area contributed by atoms with E-state index in [1.807, 2.05) is 0 Å². The Labute approximate surface area is 108 Å². The number of benzene rings is 1. The summed E-state index contributed by atoms with van der Waals surface area (Å²) in [5, 5.41) is 0.603. The fraction of sp³-hybridized carbons (Fsp3) is 0.182. The van der Waals surface area contributed by atoms with Crippen LogP contribution in [0.1, 0.15) is 6.92 Å². The molecule has 2 N–H and O–H groups in total. The lowest BCUT2D eigenvalue weighted by atomic mass is 10.2. The molecule has 0 amide bonds. The molecule has 0 aliphatic rings. The van der Waals surface area contributed by atoms with E-state index >= 15 is 0 Å². The molecule has 0 radical (unpaired) electrons. The lowest BCUT2D eigenvalue weighted by molar-refractivity contribution is -0.131. The molecule has 0 bridgehead atoms. The molecule has 0 aliphatic carbocycles. The number of hydrogen-bond donors (Lipinski definition) is 1. The molecule has 18 heavy (non-hydrogen) atoms. The number of carbonyl (C=O) groups is 1. The van der Waals surface area contributed by atoms with Crippen LogP contribution >= 0.6 is 11.6 Å². The van der Waals surface area contributed by atoms with Crippen molar-refractivity contribution in [1.82, 2.24) is 9.97 Å². The molecule has 0 saturated heterocycles. The Bertz CT molecular complexity index is 630. The zero-order chi connectivity index (χ0) is 13.3. The summed E-state index contributed by atoms with van der Waals surface area (Å²) in [4.78, 5) is 18.8. The minimum atomic E-state index is -0.458. The van der Waals surface area contributed by atoms with Crippen molar-refractivity contribution in [2.45, 2.75) is 6.92 Å². The molecule has 0 aliphatic heterocycles. The van der Waals surface area contributed by atoms with Crippen molar-refractivity contribution in [1.29, 1.82) is 0 Å². The number of ether oxygens (including phenoxy) is 2. The van der Waals surface area contributed by atoms with Gasteiger partial charge in [-0.3, -0.25) is 4.79 Å². The van der Waals surface area contributed by atoms with Crippen LogP contribution in [0.3, 0.4) is 0 Å². The van der Waals surface area contributed by atoms with Gasteiger partial charge in [0, 0.05) is 18.4 Å². The summed E-state index contributed by atoms with van der Waals surface area (Å²) in [5.41, 5.74) is 6.21. The van der Waals surface area contributed by atoms with Gasteiger partial charge in [-0.2, -0.15) is 0 Å². The summed E-state index contributed by atoms with van der Waals surface area (Å²) in [6.07, 6.45) is 0. The number of aromatic nitrogens is 2. The van der Waals surface area contributed by atoms with Crippen LogP contribution in [0.2, 0.25) is 5.28 Å². The molecule has 1 aromatic heterocycles. The molecule has 2 aromatic rings. The average molecular weight is 268 g/mol. The van der Waals surface area contributed by atoms with E-state index in [1.165, 1.54) is 20.1 Å². The monoisotopic (exact) mass is 267 g/mol. The van der Waals surface area contributed by atoms with Crippen LogP contribution in [0.25, 0.3) is 10.9 Å². The average Bonchev–Trinajstić information content (AvgIpc) is 2.27. The van der Waals surface area contributed by atoms with Gasteiger partial charge in [0.2, 0.25) is 5.28 Å². The van der Waals surface area contributed by atoms with Crippen molar-refractivity contribution in [2.24, 2.45) is 0 Å². The summed E-state index contributed by atoms with van der Waals surface area (Å²) < 4.78 is 10.1. The number of halogens is 1. The number of rotatable bonds is 2. The number of nitrogens with two attached hydrogens (primary N) is 1. The van der Waals surface area contributed by atoms with E-state index in [2.05, 4.69) is 9.97 Å². The number of carbonyl (C=O) groups excluding carboxylic acids is 1. The number of anilines is 1. The van der Waals surface area contributed by atoms with Gasteiger partial charge < -0.3 is 15.2 Å². The van der Waals surface area contributed by atoms with Crippen molar-refractivity contribution in [3.63, 3.8) is 0 Å². The summed E-state index contributed by atoms with van der Waals surface area (Å²) in [7, 11) is 1.46. The molecule has 7 heteroatoms. The highest BCUT2D eigenvalue weighted by Gasteiger charge is 2.12. The summed E-state index contributed by atoms with van der Waals surface area (Å²) >= 11 is 5.71. The zero-order valence-corrected chi connectivity index (χ0v) is 10.5. The van der Waals surface area contributed by atoms with Crippen LogP contribution in [-0.2, 0) is 4.79 Å². The Morgan fingerprint density at radius 1 is 1.33 bits per heavy atom. The van der Waals surface area contributed by atoms with E-state index in [4.69, 9.17) is 26.8 Å². The van der Waals surface area contributed by atoms with Crippen LogP contribution in [-0.4, -0.2) is 23.0 Å². The molecule has 0 saturated carbocycles. The number of fused-ring (bicyclic) bond motifs is 1. The van der Waals surface area contributed by atoms with Crippen LogP contribution < -0.4 is 15.2 Å². The van der Waals surface area contributed by atoms with Gasteiger partial charge in [-0.1, -0.05) is 0 Å². The maximum Gasteiger partial charge on any atom is 0.308 e. The third kappa shape index (κ3) is 2.28. The van der Waals surface area contributed by atoms with Crippen molar-refractivity contribution in [3.8, 4) is 11.5 Å². The first kappa shape index (κ1) is 12.4. The number of methoxy groups -OCH3 is 1. The molecule has 1 heterocycles. The van der Waals surface area contributed by atoms with Crippen molar-refractivity contribution >= 4 is 34.3 Å². The van der Waals surface area contributed by atoms with E-state index in [9.17, 15) is 4.79 Å². The number of nitrogens with zero attached hydrogens (tertiary/aromatic N) is 2. The quantitative estimate of drug-likeness (QED) is 0.507. The van der Waals surface area contributed by atoms with E-state index in [-0.39, 0.29) is 16.9 Å². The Kier molecular flexibility index (Phi) is 3.20. The van der Waals surface area contributed by atoms with Gasteiger partial charge in [0.15, 0.2) is 11.5 Å². The summed E-state index contributed by atoms with van der Waals surface area (Å²) in [6.45, 7) is 1.30. The van der Waals surface area contributed by atoms with Crippen molar-refractivity contribution < 1.29 is 14.3 Å². The standard InChI is InChI=1S/C11H10ClN3O3/c1-5(16)18-9-4-7-6(3-8(9)17-2)10(13)15-11(12)14-7/h3-4H,1-2H3,(H2,13,14,15). The maximum absolute atomic E-state index is 11.0. The Morgan fingerprint density at radius 3 is 2.67 bits per heavy atom. The van der Waals surface area contributed by atoms with Gasteiger partial charge in [-0.05, 0) is 17.7 Å². The molecule has 0 atom stereocenters. The highest BCUT2D eigenvalue weighted by molar-refractivity contribution is 6.28. The largest absolute Gasteiger partial charge is 0.493 e. The number of nitrogen functional groups attached to an aromatic ring is 1. The van der Waals surface area contributed by atoms with Gasteiger partial charge in [0.1, 0.15) is 5.82 Å². The zero-order valence-electron chi connectivity index (χ0n) is 9.73. The Balaban J connectivity index is 2.68. The Morgan fingerprint density at radius 2 is 2.06 bits per heavy atom. The van der Waals surface area contributed by atoms with Crippen LogP contribution in [0.4, 0.5) is 5.82 Å². The van der Waals surface area contributed by atoms with Crippen molar-refractivity contribution in [2.75, 3.05) is 12.8 Å². The van der Waals surface area contributed by atoms with E-state index < -0.39 is 5.97 Å². The number of hydrogen-bond acceptors (Lipinski definition) is 6. The predicted octanol–water partition coefficient (Wildman–Crippen LogP) is 1.80. The minimum absolute atomic E-state index is 0.0268. The Hall–Kier alpha value is -2.08. The summed E-state index contributed by atoms with van der Waals surface area (Å²) in [5.74, 6) is 0.403. The third-order valence-corrected chi connectivity index (χ3v) is 2.41. The lowest BCUT2D eigenvalue weighted by Crippen LogP contribution is -2.04. The highest BCUT2D eigenvalue weighted by Crippen LogP contribution is 2.33. The molecule has 2 rings (SSSR count). The first-order valence-electron chi connectivity index (χ1n) is 5.00.